The number of imidazole rings is 1. The van der Waals surface area contributed by atoms with Gasteiger partial charge in [-0.2, -0.15) is 0 Å². The van der Waals surface area contributed by atoms with Crippen LogP contribution in [0, 0.1) is 0 Å². The number of hydrogen-bond donors (Lipinski definition) is 5. The van der Waals surface area contributed by atoms with Crippen LogP contribution < -0.4 is 10.9 Å². The van der Waals surface area contributed by atoms with Gasteiger partial charge in [0, 0.05) is 11.6 Å². The number of benzene rings is 2. The van der Waals surface area contributed by atoms with E-state index in [9.17, 15) is 10.2 Å². The van der Waals surface area contributed by atoms with Crippen LogP contribution in [-0.4, -0.2) is 20.2 Å². The molecule has 0 fully saturated rings. The second-order valence-electron chi connectivity index (χ2n) is 5.15. The van der Waals surface area contributed by atoms with Gasteiger partial charge in [-0.15, -0.1) is 0 Å². The van der Waals surface area contributed by atoms with E-state index in [-0.39, 0.29) is 11.5 Å². The van der Waals surface area contributed by atoms with E-state index >= 15 is 0 Å². The van der Waals surface area contributed by atoms with Crippen molar-refractivity contribution in [1.82, 2.24) is 20.8 Å². The molecule has 0 spiro atoms. The van der Waals surface area contributed by atoms with Crippen LogP contribution in [0.3, 0.4) is 0 Å². The molecule has 3 aromatic rings. The van der Waals surface area contributed by atoms with E-state index in [1.165, 1.54) is 0 Å². The molecule has 1 aliphatic rings. The van der Waals surface area contributed by atoms with Gasteiger partial charge in [-0.05, 0) is 12.1 Å². The maximum absolute atomic E-state index is 10.5. The molecule has 6 nitrogen and oxygen atoms in total. The highest BCUT2D eigenvalue weighted by molar-refractivity contribution is 5.77. The number of aliphatic hydroxyl groups excluding tert-OH is 1. The van der Waals surface area contributed by atoms with Gasteiger partial charge in [0.1, 0.15) is 23.4 Å². The van der Waals surface area contributed by atoms with E-state index in [0.29, 0.717) is 11.5 Å². The summed E-state index contributed by atoms with van der Waals surface area (Å²) in [6.07, 6.45) is 0. The number of phenolic OH excluding ortho intramolecular Hbond substituents is 1. The summed E-state index contributed by atoms with van der Waals surface area (Å²) in [6.45, 7) is 0. The number of nitrogens with zero attached hydrogens (tertiary/aromatic N) is 1. The predicted molar refractivity (Wildman–Crippen MR) is 82.8 cm³/mol. The SMILES string of the molecule is OC1=C(c2ccccc2)NNC1c1nc2ccc(O)cc2[nH]1. The molecule has 0 saturated carbocycles. The quantitative estimate of drug-likeness (QED) is 0.500. The second kappa shape index (κ2) is 4.78. The topological polar surface area (TPSA) is 93.2 Å². The summed E-state index contributed by atoms with van der Waals surface area (Å²) in [7, 11) is 0. The maximum Gasteiger partial charge on any atom is 0.144 e. The lowest BCUT2D eigenvalue weighted by Gasteiger charge is -2.06. The van der Waals surface area contributed by atoms with E-state index < -0.39 is 6.04 Å². The summed E-state index contributed by atoms with van der Waals surface area (Å²) in [4.78, 5) is 7.56. The van der Waals surface area contributed by atoms with Gasteiger partial charge in [0.2, 0.25) is 0 Å². The highest BCUT2D eigenvalue weighted by atomic mass is 16.3. The van der Waals surface area contributed by atoms with Gasteiger partial charge < -0.3 is 20.6 Å². The van der Waals surface area contributed by atoms with E-state index in [2.05, 4.69) is 20.8 Å². The van der Waals surface area contributed by atoms with Crippen LogP contribution in [0.1, 0.15) is 17.4 Å². The molecule has 110 valence electrons. The number of hydrazine groups is 1. The minimum Gasteiger partial charge on any atom is -0.508 e. The van der Waals surface area contributed by atoms with Crippen molar-refractivity contribution in [3.63, 3.8) is 0 Å². The number of nitrogens with one attached hydrogen (secondary N) is 3. The summed E-state index contributed by atoms with van der Waals surface area (Å²) in [5.74, 6) is 0.927. The van der Waals surface area contributed by atoms with Crippen LogP contribution in [0.15, 0.2) is 54.3 Å². The van der Waals surface area contributed by atoms with Crippen LogP contribution in [0.4, 0.5) is 0 Å². The molecular weight excluding hydrogens is 280 g/mol. The Balaban J connectivity index is 1.75. The fourth-order valence-electron chi connectivity index (χ4n) is 2.60. The lowest BCUT2D eigenvalue weighted by atomic mass is 10.1. The fourth-order valence-corrected chi connectivity index (χ4v) is 2.60. The minimum absolute atomic E-state index is 0.171. The Morgan fingerprint density at radius 3 is 2.64 bits per heavy atom. The molecule has 1 aromatic heterocycles. The first-order valence-corrected chi connectivity index (χ1v) is 6.91. The molecule has 0 radical (unpaired) electrons. The van der Waals surface area contributed by atoms with Crippen molar-refractivity contribution >= 4 is 16.7 Å². The van der Waals surface area contributed by atoms with Crippen molar-refractivity contribution in [3.05, 3.63) is 65.7 Å². The molecule has 1 aliphatic heterocycles. The fraction of sp³-hybridized carbons (Fsp3) is 0.0625. The predicted octanol–water partition coefficient (Wildman–Crippen LogP) is 2.34. The van der Waals surface area contributed by atoms with Gasteiger partial charge in [0.25, 0.3) is 0 Å². The van der Waals surface area contributed by atoms with Gasteiger partial charge in [0.05, 0.1) is 16.7 Å². The number of phenols is 1. The van der Waals surface area contributed by atoms with Crippen molar-refractivity contribution in [3.8, 4) is 5.75 Å². The van der Waals surface area contributed by atoms with Crippen LogP contribution in [0.25, 0.3) is 16.7 Å². The zero-order valence-corrected chi connectivity index (χ0v) is 11.5. The third kappa shape index (κ3) is 1.97. The van der Waals surface area contributed by atoms with Crippen LogP contribution in [0.5, 0.6) is 5.75 Å². The number of aliphatic hydroxyl groups is 1. The molecule has 1 unspecified atom stereocenters. The molecular formula is C16H14N4O2. The second-order valence-corrected chi connectivity index (χ2v) is 5.15. The van der Waals surface area contributed by atoms with Crippen LogP contribution in [-0.2, 0) is 0 Å². The van der Waals surface area contributed by atoms with Gasteiger partial charge in [-0.25, -0.2) is 10.4 Å². The van der Waals surface area contributed by atoms with Gasteiger partial charge in [-0.1, -0.05) is 30.3 Å². The smallest absolute Gasteiger partial charge is 0.144 e. The molecule has 5 N–H and O–H groups in total. The molecule has 0 saturated heterocycles. The summed E-state index contributed by atoms with van der Waals surface area (Å²) in [5, 5.41) is 20.0. The van der Waals surface area contributed by atoms with E-state index in [4.69, 9.17) is 0 Å². The first kappa shape index (κ1) is 12.7. The largest absolute Gasteiger partial charge is 0.508 e. The summed E-state index contributed by atoms with van der Waals surface area (Å²) < 4.78 is 0. The minimum atomic E-state index is -0.468. The van der Waals surface area contributed by atoms with E-state index in [1.807, 2.05) is 30.3 Å². The Bertz CT molecular complexity index is 870. The number of aromatic amines is 1. The molecule has 6 heteroatoms. The molecule has 2 aromatic carbocycles. The standard InChI is InChI=1S/C16H14N4O2/c21-10-6-7-11-12(8-10)18-16(17-11)14-15(22)13(19-20-14)9-4-2-1-3-5-9/h1-8,14,19-22H,(H,17,18). The van der Waals surface area contributed by atoms with Crippen LogP contribution >= 0.6 is 0 Å². The van der Waals surface area contributed by atoms with E-state index in [1.54, 1.807) is 18.2 Å². The number of fused-ring (bicyclic) bond motifs is 1. The Labute approximate surface area is 126 Å². The van der Waals surface area contributed by atoms with Crippen molar-refractivity contribution in [2.75, 3.05) is 0 Å². The number of aromatic nitrogens is 2. The lowest BCUT2D eigenvalue weighted by molar-refractivity contribution is 0.357. The maximum atomic E-state index is 10.5. The number of rotatable bonds is 2. The number of hydrogen-bond acceptors (Lipinski definition) is 5. The lowest BCUT2D eigenvalue weighted by Crippen LogP contribution is -2.27. The zero-order chi connectivity index (χ0) is 15.1. The Morgan fingerprint density at radius 1 is 1.00 bits per heavy atom. The third-order valence-electron chi connectivity index (χ3n) is 3.69. The summed E-state index contributed by atoms with van der Waals surface area (Å²) in [6, 6.07) is 14.0. The average Bonchev–Trinajstić information content (AvgIpc) is 3.10. The Kier molecular flexibility index (Phi) is 2.77. The van der Waals surface area contributed by atoms with Gasteiger partial charge in [0.15, 0.2) is 0 Å². The Morgan fingerprint density at radius 2 is 1.82 bits per heavy atom. The highest BCUT2D eigenvalue weighted by Crippen LogP contribution is 2.30. The van der Waals surface area contributed by atoms with Crippen LogP contribution in [0.2, 0.25) is 0 Å². The average molecular weight is 294 g/mol. The first-order chi connectivity index (χ1) is 10.7. The monoisotopic (exact) mass is 294 g/mol. The molecule has 0 bridgehead atoms. The van der Waals surface area contributed by atoms with Crippen molar-refractivity contribution in [1.29, 1.82) is 0 Å². The highest BCUT2D eigenvalue weighted by Gasteiger charge is 2.29. The van der Waals surface area contributed by atoms with Crippen molar-refractivity contribution in [2.45, 2.75) is 6.04 Å². The van der Waals surface area contributed by atoms with Crippen molar-refractivity contribution in [2.24, 2.45) is 0 Å². The molecule has 2 heterocycles. The molecule has 1 atom stereocenters. The normalized spacial score (nSPS) is 17.9. The summed E-state index contributed by atoms with van der Waals surface area (Å²) in [5.41, 5.74) is 8.99. The van der Waals surface area contributed by atoms with E-state index in [0.717, 1.165) is 16.6 Å². The first-order valence-electron chi connectivity index (χ1n) is 6.91. The molecule has 0 amide bonds. The van der Waals surface area contributed by atoms with Gasteiger partial charge >= 0.3 is 0 Å². The number of aromatic hydroxyl groups is 1. The number of H-pyrrole nitrogens is 1. The summed E-state index contributed by atoms with van der Waals surface area (Å²) >= 11 is 0. The Hall–Kier alpha value is -2.99. The molecule has 4 rings (SSSR count). The van der Waals surface area contributed by atoms with Crippen molar-refractivity contribution < 1.29 is 10.2 Å². The molecule has 0 aliphatic carbocycles. The zero-order valence-electron chi connectivity index (χ0n) is 11.5. The van der Waals surface area contributed by atoms with Gasteiger partial charge in [-0.3, -0.25) is 0 Å². The third-order valence-corrected chi connectivity index (χ3v) is 3.69. The molecule has 22 heavy (non-hydrogen) atoms.